The van der Waals surface area contributed by atoms with Gasteiger partial charge in [-0.2, -0.15) is 0 Å². The molecule has 0 aromatic heterocycles. The van der Waals surface area contributed by atoms with Gasteiger partial charge in [0.2, 0.25) is 0 Å². The molecule has 0 heterocycles. The van der Waals surface area contributed by atoms with Crippen LogP contribution in [0, 0.1) is 5.82 Å². The Kier molecular flexibility index (Phi) is 5.76. The normalized spacial score (nSPS) is 11.7. The van der Waals surface area contributed by atoms with Crippen LogP contribution in [0.1, 0.15) is 33.3 Å². The van der Waals surface area contributed by atoms with Gasteiger partial charge in [-0.3, -0.25) is 0 Å². The van der Waals surface area contributed by atoms with Crippen LogP contribution < -0.4 is 10.2 Å². The zero-order valence-corrected chi connectivity index (χ0v) is 12.3. The van der Waals surface area contributed by atoms with Crippen molar-refractivity contribution in [3.8, 4) is 0 Å². The molecular formula is C15H25FN2O. The lowest BCUT2D eigenvalue weighted by molar-refractivity contribution is 0.302. The summed E-state index contributed by atoms with van der Waals surface area (Å²) < 4.78 is 14.0. The maximum absolute atomic E-state index is 14.0. The van der Waals surface area contributed by atoms with Crippen molar-refractivity contribution in [3.63, 3.8) is 0 Å². The maximum Gasteiger partial charge on any atom is 0.129 e. The van der Waals surface area contributed by atoms with E-state index in [2.05, 4.69) is 26.1 Å². The number of nitrogens with zero attached hydrogens (tertiary/aromatic N) is 1. The number of benzene rings is 1. The van der Waals surface area contributed by atoms with Crippen molar-refractivity contribution in [1.82, 2.24) is 5.32 Å². The summed E-state index contributed by atoms with van der Waals surface area (Å²) in [6, 6.07) is 5.10. The van der Waals surface area contributed by atoms with Gasteiger partial charge < -0.3 is 15.3 Å². The molecule has 0 aliphatic carbocycles. The Balaban J connectivity index is 3.00. The first-order valence-electron chi connectivity index (χ1n) is 6.77. The molecule has 0 unspecified atom stereocenters. The predicted octanol–water partition coefficient (Wildman–Crippen LogP) is 2.53. The van der Waals surface area contributed by atoms with Crippen molar-refractivity contribution < 1.29 is 9.50 Å². The topological polar surface area (TPSA) is 35.5 Å². The maximum atomic E-state index is 14.0. The standard InChI is InChI=1S/C15H25FN2O/c1-5-18(9-10-19)14-8-6-7-13(16)12(14)11-17-15(2,3)4/h6-8,17,19H,5,9-11H2,1-4H3. The van der Waals surface area contributed by atoms with Gasteiger partial charge in [-0.05, 0) is 39.8 Å². The summed E-state index contributed by atoms with van der Waals surface area (Å²) in [7, 11) is 0. The second-order valence-corrected chi connectivity index (χ2v) is 5.64. The van der Waals surface area contributed by atoms with Gasteiger partial charge in [-0.25, -0.2) is 4.39 Å². The van der Waals surface area contributed by atoms with Crippen molar-refractivity contribution in [3.05, 3.63) is 29.6 Å². The van der Waals surface area contributed by atoms with Gasteiger partial charge in [-0.1, -0.05) is 6.07 Å². The molecule has 0 atom stereocenters. The molecule has 2 N–H and O–H groups in total. The fraction of sp³-hybridized carbons (Fsp3) is 0.600. The zero-order valence-electron chi connectivity index (χ0n) is 12.3. The molecule has 1 aromatic carbocycles. The summed E-state index contributed by atoms with van der Waals surface area (Å²) in [6.45, 7) is 9.97. The largest absolute Gasteiger partial charge is 0.395 e. The van der Waals surface area contributed by atoms with Crippen molar-refractivity contribution in [1.29, 1.82) is 0 Å². The van der Waals surface area contributed by atoms with Crippen LogP contribution in [0.5, 0.6) is 0 Å². The van der Waals surface area contributed by atoms with E-state index in [9.17, 15) is 4.39 Å². The zero-order chi connectivity index (χ0) is 14.5. The average molecular weight is 268 g/mol. The van der Waals surface area contributed by atoms with E-state index >= 15 is 0 Å². The van der Waals surface area contributed by atoms with E-state index in [0.29, 0.717) is 18.7 Å². The summed E-state index contributed by atoms with van der Waals surface area (Å²) in [5.74, 6) is -0.203. The number of rotatable bonds is 6. The van der Waals surface area contributed by atoms with Crippen LogP contribution in [0.15, 0.2) is 18.2 Å². The molecule has 3 nitrogen and oxygen atoms in total. The molecule has 4 heteroatoms. The molecule has 0 spiro atoms. The lowest BCUT2D eigenvalue weighted by atomic mass is 10.1. The van der Waals surface area contributed by atoms with E-state index in [-0.39, 0.29) is 18.0 Å². The minimum absolute atomic E-state index is 0.0619. The summed E-state index contributed by atoms with van der Waals surface area (Å²) >= 11 is 0. The smallest absolute Gasteiger partial charge is 0.129 e. The number of likely N-dealkylation sites (N-methyl/N-ethyl adjacent to an activating group) is 1. The van der Waals surface area contributed by atoms with Crippen LogP contribution in [0.2, 0.25) is 0 Å². The molecule has 0 saturated heterocycles. The first-order valence-corrected chi connectivity index (χ1v) is 6.77. The number of hydrogen-bond donors (Lipinski definition) is 2. The Morgan fingerprint density at radius 2 is 2.00 bits per heavy atom. The highest BCUT2D eigenvalue weighted by molar-refractivity contribution is 5.54. The van der Waals surface area contributed by atoms with Gasteiger partial charge in [-0.15, -0.1) is 0 Å². The Morgan fingerprint density at radius 3 is 2.53 bits per heavy atom. The number of halogens is 1. The van der Waals surface area contributed by atoms with Crippen LogP contribution in [-0.2, 0) is 6.54 Å². The molecule has 0 aliphatic rings. The van der Waals surface area contributed by atoms with Gasteiger partial charge >= 0.3 is 0 Å². The highest BCUT2D eigenvalue weighted by Gasteiger charge is 2.16. The molecule has 0 saturated carbocycles. The SMILES string of the molecule is CCN(CCO)c1cccc(F)c1CNC(C)(C)C. The summed E-state index contributed by atoms with van der Waals surface area (Å²) in [5.41, 5.74) is 1.45. The molecule has 1 rings (SSSR count). The Bertz CT molecular complexity index is 402. The number of aliphatic hydroxyl groups excluding tert-OH is 1. The summed E-state index contributed by atoms with van der Waals surface area (Å²) in [6.07, 6.45) is 0. The highest BCUT2D eigenvalue weighted by Crippen LogP contribution is 2.23. The van der Waals surface area contributed by atoms with Crippen LogP contribution in [0.25, 0.3) is 0 Å². The van der Waals surface area contributed by atoms with Gasteiger partial charge in [0, 0.05) is 36.4 Å². The second kappa shape index (κ2) is 6.87. The molecule has 19 heavy (non-hydrogen) atoms. The monoisotopic (exact) mass is 268 g/mol. The van der Waals surface area contributed by atoms with Crippen molar-refractivity contribution >= 4 is 5.69 Å². The lowest BCUT2D eigenvalue weighted by Crippen LogP contribution is -2.36. The van der Waals surface area contributed by atoms with Gasteiger partial charge in [0.05, 0.1) is 6.61 Å². The quantitative estimate of drug-likeness (QED) is 0.832. The molecule has 1 aromatic rings. The van der Waals surface area contributed by atoms with E-state index in [4.69, 9.17) is 5.11 Å². The first kappa shape index (κ1) is 15.9. The number of anilines is 1. The third-order valence-corrected chi connectivity index (χ3v) is 2.98. The summed E-state index contributed by atoms with van der Waals surface area (Å²) in [5, 5.41) is 12.4. The molecule has 0 bridgehead atoms. The van der Waals surface area contributed by atoms with Crippen LogP contribution in [-0.4, -0.2) is 30.3 Å². The van der Waals surface area contributed by atoms with E-state index < -0.39 is 0 Å². The van der Waals surface area contributed by atoms with Crippen molar-refractivity contribution in [2.45, 2.75) is 39.8 Å². The third-order valence-electron chi connectivity index (χ3n) is 2.98. The first-order chi connectivity index (χ1) is 8.89. The summed E-state index contributed by atoms with van der Waals surface area (Å²) in [4.78, 5) is 1.99. The Morgan fingerprint density at radius 1 is 1.32 bits per heavy atom. The minimum Gasteiger partial charge on any atom is -0.395 e. The van der Waals surface area contributed by atoms with Crippen LogP contribution in [0.3, 0.4) is 0 Å². The molecule has 0 radical (unpaired) electrons. The minimum atomic E-state index is -0.203. The number of nitrogens with one attached hydrogen (secondary N) is 1. The van der Waals surface area contributed by atoms with E-state index in [1.165, 1.54) is 6.07 Å². The number of aliphatic hydroxyl groups is 1. The average Bonchev–Trinajstić information content (AvgIpc) is 2.33. The van der Waals surface area contributed by atoms with Crippen LogP contribution in [0.4, 0.5) is 10.1 Å². The van der Waals surface area contributed by atoms with Gasteiger partial charge in [0.1, 0.15) is 5.82 Å². The lowest BCUT2D eigenvalue weighted by Gasteiger charge is -2.27. The van der Waals surface area contributed by atoms with Crippen LogP contribution >= 0.6 is 0 Å². The second-order valence-electron chi connectivity index (χ2n) is 5.64. The third kappa shape index (κ3) is 4.80. The number of hydrogen-bond acceptors (Lipinski definition) is 3. The fourth-order valence-electron chi connectivity index (χ4n) is 1.94. The molecular weight excluding hydrogens is 243 g/mol. The molecule has 108 valence electrons. The Labute approximate surface area is 115 Å². The molecule has 0 aliphatic heterocycles. The van der Waals surface area contributed by atoms with Gasteiger partial charge in [0.15, 0.2) is 0 Å². The van der Waals surface area contributed by atoms with Crippen molar-refractivity contribution in [2.75, 3.05) is 24.6 Å². The van der Waals surface area contributed by atoms with E-state index in [1.54, 1.807) is 6.07 Å². The Hall–Kier alpha value is -1.13. The van der Waals surface area contributed by atoms with E-state index in [1.807, 2.05) is 17.9 Å². The predicted molar refractivity (Wildman–Crippen MR) is 78.0 cm³/mol. The molecule has 0 amide bonds. The van der Waals surface area contributed by atoms with E-state index in [0.717, 1.165) is 12.2 Å². The highest BCUT2D eigenvalue weighted by atomic mass is 19.1. The fourth-order valence-corrected chi connectivity index (χ4v) is 1.94. The van der Waals surface area contributed by atoms with Gasteiger partial charge in [0.25, 0.3) is 0 Å². The molecule has 0 fully saturated rings. The van der Waals surface area contributed by atoms with Crippen molar-refractivity contribution in [2.24, 2.45) is 0 Å².